The monoisotopic (exact) mass is 423 g/mol. The third-order valence-corrected chi connectivity index (χ3v) is 6.44. The van der Waals surface area contributed by atoms with Crippen LogP contribution in [-0.2, 0) is 6.18 Å². The summed E-state index contributed by atoms with van der Waals surface area (Å²) in [6.07, 6.45) is -4.64. The van der Waals surface area contributed by atoms with Crippen LogP contribution in [0, 0.1) is 32.1 Å². The summed E-state index contributed by atoms with van der Waals surface area (Å²) in [5, 5.41) is 9.66. The second-order valence-corrected chi connectivity index (χ2v) is 8.82. The van der Waals surface area contributed by atoms with Gasteiger partial charge in [-0.1, -0.05) is 11.8 Å². The van der Waals surface area contributed by atoms with Crippen LogP contribution in [0.25, 0.3) is 10.2 Å². The van der Waals surface area contributed by atoms with Crippen LogP contribution in [-0.4, -0.2) is 15.0 Å². The number of aryl methyl sites for hydroxylation is 3. The highest BCUT2D eigenvalue weighted by Crippen LogP contribution is 2.41. The number of nitrogen functional groups attached to an aromatic ring is 1. The molecular formula is C18H16F3N5S2. The molecule has 3 heterocycles. The predicted molar refractivity (Wildman–Crippen MR) is 104 cm³/mol. The third kappa shape index (κ3) is 3.64. The Morgan fingerprint density at radius 1 is 1.21 bits per heavy atom. The highest BCUT2D eigenvalue weighted by Gasteiger charge is 2.36. The molecule has 0 aliphatic carbocycles. The van der Waals surface area contributed by atoms with E-state index in [1.54, 1.807) is 13.0 Å². The maximum absolute atomic E-state index is 13.3. The number of thiophene rings is 1. The van der Waals surface area contributed by atoms with Gasteiger partial charge in [0.15, 0.2) is 0 Å². The zero-order chi connectivity index (χ0) is 20.8. The molecule has 0 aliphatic rings. The summed E-state index contributed by atoms with van der Waals surface area (Å²) < 4.78 is 39.9. The average molecular weight is 423 g/mol. The molecule has 1 atom stereocenters. The number of hydrogen-bond acceptors (Lipinski definition) is 7. The molecule has 28 heavy (non-hydrogen) atoms. The smallest absolute Gasteiger partial charge is 0.383 e. The van der Waals surface area contributed by atoms with Crippen LogP contribution in [0.5, 0.6) is 0 Å². The van der Waals surface area contributed by atoms with E-state index >= 15 is 0 Å². The minimum atomic E-state index is -4.64. The molecule has 0 aromatic carbocycles. The quantitative estimate of drug-likeness (QED) is 0.572. The zero-order valence-corrected chi connectivity index (χ0v) is 17.1. The molecule has 0 saturated heterocycles. The van der Waals surface area contributed by atoms with E-state index < -0.39 is 22.6 Å². The van der Waals surface area contributed by atoms with Crippen molar-refractivity contribution in [2.75, 3.05) is 5.73 Å². The number of nitriles is 1. The van der Waals surface area contributed by atoms with Crippen molar-refractivity contribution in [1.29, 1.82) is 5.26 Å². The highest BCUT2D eigenvalue weighted by molar-refractivity contribution is 7.99. The number of aromatic nitrogens is 3. The number of thioether (sulfide) groups is 1. The molecule has 0 radical (unpaired) electrons. The van der Waals surface area contributed by atoms with Crippen LogP contribution in [0.2, 0.25) is 0 Å². The van der Waals surface area contributed by atoms with E-state index in [0.717, 1.165) is 38.5 Å². The van der Waals surface area contributed by atoms with Crippen molar-refractivity contribution in [3.8, 4) is 6.07 Å². The Morgan fingerprint density at radius 2 is 1.89 bits per heavy atom. The summed E-state index contributed by atoms with van der Waals surface area (Å²) in [5.74, 6) is 0.722. The standard InChI is InChI=1S/C18H16F3N5S2/c1-7-5-12(18(19,20)21)11(6-22)16(24-7)28-10(4)15-25-14(23)13-8(2)9(3)27-17(13)26-15/h5,10H,1-4H3,(H2,23,25,26)/t10-/m0/s1. The van der Waals surface area contributed by atoms with Gasteiger partial charge in [0, 0.05) is 10.6 Å². The Labute approximate surface area is 167 Å². The molecule has 0 bridgehead atoms. The summed E-state index contributed by atoms with van der Waals surface area (Å²) in [6, 6.07) is 2.52. The lowest BCUT2D eigenvalue weighted by Crippen LogP contribution is -2.11. The fourth-order valence-electron chi connectivity index (χ4n) is 2.76. The molecule has 0 unspecified atom stereocenters. The number of fused-ring (bicyclic) bond motifs is 1. The zero-order valence-electron chi connectivity index (χ0n) is 15.5. The van der Waals surface area contributed by atoms with E-state index in [0.29, 0.717) is 11.6 Å². The Kier molecular flexibility index (Phi) is 5.25. The topological polar surface area (TPSA) is 88.5 Å². The SMILES string of the molecule is Cc1cc(C(F)(F)F)c(C#N)c(S[C@@H](C)c2nc(N)c3c(C)c(C)sc3n2)n1. The van der Waals surface area contributed by atoms with Crippen molar-refractivity contribution >= 4 is 39.1 Å². The Balaban J connectivity index is 2.04. The molecule has 146 valence electrons. The van der Waals surface area contributed by atoms with E-state index in [4.69, 9.17) is 5.73 Å². The van der Waals surface area contributed by atoms with Gasteiger partial charge in [0.1, 0.15) is 27.6 Å². The maximum atomic E-state index is 13.3. The second kappa shape index (κ2) is 7.22. The Morgan fingerprint density at radius 3 is 2.50 bits per heavy atom. The van der Waals surface area contributed by atoms with Crippen molar-refractivity contribution in [3.05, 3.63) is 39.2 Å². The van der Waals surface area contributed by atoms with E-state index in [1.807, 2.05) is 13.8 Å². The largest absolute Gasteiger partial charge is 0.417 e. The first-order valence-corrected chi connectivity index (χ1v) is 9.91. The summed E-state index contributed by atoms with van der Waals surface area (Å²) in [7, 11) is 0. The molecular weight excluding hydrogens is 407 g/mol. The first-order chi connectivity index (χ1) is 13.0. The first kappa shape index (κ1) is 20.4. The van der Waals surface area contributed by atoms with Crippen LogP contribution < -0.4 is 5.73 Å². The van der Waals surface area contributed by atoms with E-state index in [1.165, 1.54) is 18.3 Å². The number of halogens is 3. The van der Waals surface area contributed by atoms with Gasteiger partial charge in [0.05, 0.1) is 21.8 Å². The number of pyridine rings is 1. The molecule has 0 amide bonds. The lowest BCUT2D eigenvalue weighted by Gasteiger charge is -2.15. The van der Waals surface area contributed by atoms with Gasteiger partial charge in [-0.3, -0.25) is 0 Å². The lowest BCUT2D eigenvalue weighted by atomic mass is 10.1. The van der Waals surface area contributed by atoms with Gasteiger partial charge >= 0.3 is 6.18 Å². The summed E-state index contributed by atoms with van der Waals surface area (Å²) in [6.45, 7) is 7.12. The minimum absolute atomic E-state index is 0.00290. The molecule has 0 spiro atoms. The summed E-state index contributed by atoms with van der Waals surface area (Å²) in [5.41, 5.74) is 5.81. The van der Waals surface area contributed by atoms with Crippen LogP contribution >= 0.6 is 23.1 Å². The van der Waals surface area contributed by atoms with Gasteiger partial charge in [-0.25, -0.2) is 15.0 Å². The molecule has 0 aliphatic heterocycles. The molecule has 3 rings (SSSR count). The number of hydrogen-bond donors (Lipinski definition) is 1. The Bertz CT molecular complexity index is 1120. The molecule has 3 aromatic rings. The van der Waals surface area contributed by atoms with Gasteiger partial charge in [0.25, 0.3) is 0 Å². The van der Waals surface area contributed by atoms with Gasteiger partial charge in [-0.15, -0.1) is 11.3 Å². The average Bonchev–Trinajstić information content (AvgIpc) is 2.88. The third-order valence-electron chi connectivity index (χ3n) is 4.26. The van der Waals surface area contributed by atoms with Crippen molar-refractivity contribution in [1.82, 2.24) is 15.0 Å². The number of rotatable bonds is 3. The molecule has 3 aromatic heterocycles. The fourth-order valence-corrected chi connectivity index (χ4v) is 4.82. The van der Waals surface area contributed by atoms with Gasteiger partial charge in [-0.2, -0.15) is 18.4 Å². The Hall–Kier alpha value is -2.38. The second-order valence-electron chi connectivity index (χ2n) is 6.29. The predicted octanol–water partition coefficient (Wildman–Crippen LogP) is 5.34. The fraction of sp³-hybridized carbons (Fsp3) is 0.333. The number of nitrogens with two attached hydrogens (primary N) is 1. The number of alkyl halides is 3. The van der Waals surface area contributed by atoms with Crippen LogP contribution in [0.4, 0.5) is 19.0 Å². The summed E-state index contributed by atoms with van der Waals surface area (Å²) in [4.78, 5) is 14.8. The number of nitrogens with zero attached hydrogens (tertiary/aromatic N) is 4. The molecule has 5 nitrogen and oxygen atoms in total. The van der Waals surface area contributed by atoms with Crippen molar-refractivity contribution in [2.45, 2.75) is 44.1 Å². The van der Waals surface area contributed by atoms with Crippen LogP contribution in [0.15, 0.2) is 11.1 Å². The van der Waals surface area contributed by atoms with E-state index in [2.05, 4.69) is 15.0 Å². The molecule has 10 heteroatoms. The lowest BCUT2D eigenvalue weighted by molar-refractivity contribution is -0.138. The highest BCUT2D eigenvalue weighted by atomic mass is 32.2. The molecule has 2 N–H and O–H groups in total. The normalized spacial score (nSPS) is 12.9. The van der Waals surface area contributed by atoms with Crippen LogP contribution in [0.3, 0.4) is 0 Å². The summed E-state index contributed by atoms with van der Waals surface area (Å²) >= 11 is 2.50. The maximum Gasteiger partial charge on any atom is 0.417 e. The minimum Gasteiger partial charge on any atom is -0.383 e. The molecule has 0 fully saturated rings. The van der Waals surface area contributed by atoms with Gasteiger partial charge in [-0.05, 0) is 39.3 Å². The number of anilines is 1. The first-order valence-electron chi connectivity index (χ1n) is 8.21. The van der Waals surface area contributed by atoms with Crippen LogP contribution in [0.1, 0.15) is 45.3 Å². The van der Waals surface area contributed by atoms with E-state index in [-0.39, 0.29) is 10.7 Å². The van der Waals surface area contributed by atoms with Crippen molar-refractivity contribution in [3.63, 3.8) is 0 Å². The van der Waals surface area contributed by atoms with Crippen molar-refractivity contribution in [2.24, 2.45) is 0 Å². The van der Waals surface area contributed by atoms with E-state index in [9.17, 15) is 18.4 Å². The van der Waals surface area contributed by atoms with Crippen molar-refractivity contribution < 1.29 is 13.2 Å². The molecule has 0 saturated carbocycles. The van der Waals surface area contributed by atoms with Gasteiger partial charge in [0.2, 0.25) is 0 Å². The van der Waals surface area contributed by atoms with Gasteiger partial charge < -0.3 is 5.73 Å².